The quantitative estimate of drug-likeness (QED) is 0.863. The van der Waals surface area contributed by atoms with Crippen molar-refractivity contribution in [2.45, 2.75) is 26.3 Å². The van der Waals surface area contributed by atoms with Crippen molar-refractivity contribution in [3.05, 3.63) is 35.5 Å². The van der Waals surface area contributed by atoms with Crippen molar-refractivity contribution in [3.63, 3.8) is 0 Å². The Bertz CT molecular complexity index is 718. The third kappa shape index (κ3) is 2.28. The van der Waals surface area contributed by atoms with E-state index in [-0.39, 0.29) is 17.9 Å². The van der Waals surface area contributed by atoms with Crippen LogP contribution in [0.5, 0.6) is 0 Å². The Labute approximate surface area is 122 Å². The van der Waals surface area contributed by atoms with E-state index in [1.165, 1.54) is 0 Å². The van der Waals surface area contributed by atoms with Crippen LogP contribution >= 0.6 is 0 Å². The van der Waals surface area contributed by atoms with E-state index < -0.39 is 0 Å². The lowest BCUT2D eigenvalue weighted by Crippen LogP contribution is -2.22. The Morgan fingerprint density at radius 2 is 2.24 bits per heavy atom. The van der Waals surface area contributed by atoms with E-state index in [1.807, 2.05) is 22.8 Å². The standard InChI is InChI=1S/C16H18N2O3/c1-3-21-16(20)12-5-4-11-8-14-15(19)17-7-6-10(2)18(14)13(11)9-12/h4-5,8-10H,3,6-7H2,1-2H3,(H,17,19)/t10-/m0/s1. The third-order valence-corrected chi connectivity index (χ3v) is 3.87. The molecule has 0 spiro atoms. The monoisotopic (exact) mass is 286 g/mol. The van der Waals surface area contributed by atoms with Crippen LogP contribution < -0.4 is 5.32 Å². The minimum absolute atomic E-state index is 0.0618. The molecule has 21 heavy (non-hydrogen) atoms. The first kappa shape index (κ1) is 13.7. The second kappa shape index (κ2) is 5.24. The van der Waals surface area contributed by atoms with Crippen LogP contribution in [-0.4, -0.2) is 29.6 Å². The molecule has 1 aromatic heterocycles. The fraction of sp³-hybridized carbons (Fsp3) is 0.375. The topological polar surface area (TPSA) is 60.3 Å². The molecule has 0 aliphatic carbocycles. The maximum Gasteiger partial charge on any atom is 0.338 e. The number of hydrogen-bond donors (Lipinski definition) is 1. The predicted molar refractivity (Wildman–Crippen MR) is 79.6 cm³/mol. The lowest BCUT2D eigenvalue weighted by Gasteiger charge is -2.14. The molecule has 0 saturated heterocycles. The van der Waals surface area contributed by atoms with Gasteiger partial charge in [-0.05, 0) is 38.5 Å². The second-order valence-electron chi connectivity index (χ2n) is 5.29. The summed E-state index contributed by atoms with van der Waals surface area (Å²) in [6.07, 6.45) is 0.867. The number of benzene rings is 1. The maximum atomic E-state index is 12.1. The highest BCUT2D eigenvalue weighted by Gasteiger charge is 2.23. The average Bonchev–Trinajstić information content (AvgIpc) is 2.79. The molecular weight excluding hydrogens is 268 g/mol. The van der Waals surface area contributed by atoms with Gasteiger partial charge in [-0.3, -0.25) is 4.79 Å². The van der Waals surface area contributed by atoms with E-state index in [4.69, 9.17) is 4.74 Å². The van der Waals surface area contributed by atoms with Crippen molar-refractivity contribution in [3.8, 4) is 0 Å². The van der Waals surface area contributed by atoms with E-state index >= 15 is 0 Å². The highest BCUT2D eigenvalue weighted by Crippen LogP contribution is 2.28. The first-order valence-electron chi connectivity index (χ1n) is 7.22. The number of nitrogens with one attached hydrogen (secondary N) is 1. The summed E-state index contributed by atoms with van der Waals surface area (Å²) in [5.41, 5.74) is 2.07. The number of esters is 1. The zero-order valence-electron chi connectivity index (χ0n) is 12.2. The summed E-state index contributed by atoms with van der Waals surface area (Å²) in [6.45, 7) is 4.88. The van der Waals surface area contributed by atoms with E-state index in [0.29, 0.717) is 24.4 Å². The maximum absolute atomic E-state index is 12.1. The molecule has 0 bridgehead atoms. The summed E-state index contributed by atoms with van der Waals surface area (Å²) in [6, 6.07) is 7.49. The lowest BCUT2D eigenvalue weighted by molar-refractivity contribution is 0.0526. The molecule has 1 atom stereocenters. The summed E-state index contributed by atoms with van der Waals surface area (Å²) in [4.78, 5) is 24.0. The van der Waals surface area contributed by atoms with Crippen molar-refractivity contribution in [2.75, 3.05) is 13.2 Å². The third-order valence-electron chi connectivity index (χ3n) is 3.87. The molecule has 2 aromatic rings. The number of amides is 1. The largest absolute Gasteiger partial charge is 0.462 e. The second-order valence-corrected chi connectivity index (χ2v) is 5.29. The molecule has 0 radical (unpaired) electrons. The first-order valence-corrected chi connectivity index (χ1v) is 7.22. The Morgan fingerprint density at radius 3 is 3.00 bits per heavy atom. The minimum Gasteiger partial charge on any atom is -0.462 e. The SMILES string of the molecule is CCOC(=O)c1ccc2cc3n(c2c1)[C@@H](C)CCNC3=O. The molecule has 110 valence electrons. The number of carbonyl (C=O) groups is 2. The molecule has 1 aromatic carbocycles. The Morgan fingerprint density at radius 1 is 1.43 bits per heavy atom. The number of carbonyl (C=O) groups excluding carboxylic acids is 2. The van der Waals surface area contributed by atoms with Crippen LogP contribution in [0.15, 0.2) is 24.3 Å². The molecule has 3 rings (SSSR count). The minimum atomic E-state index is -0.333. The Balaban J connectivity index is 2.16. The van der Waals surface area contributed by atoms with E-state index in [2.05, 4.69) is 12.2 Å². The van der Waals surface area contributed by atoms with Crippen molar-refractivity contribution in [1.29, 1.82) is 0 Å². The molecule has 1 aliphatic rings. The smallest absolute Gasteiger partial charge is 0.338 e. The molecule has 1 aliphatic heterocycles. The molecule has 2 heterocycles. The highest BCUT2D eigenvalue weighted by atomic mass is 16.5. The van der Waals surface area contributed by atoms with Gasteiger partial charge in [-0.25, -0.2) is 4.79 Å². The van der Waals surface area contributed by atoms with Gasteiger partial charge in [-0.1, -0.05) is 6.07 Å². The number of nitrogens with zero attached hydrogens (tertiary/aromatic N) is 1. The van der Waals surface area contributed by atoms with Crippen LogP contribution in [0, 0.1) is 0 Å². The van der Waals surface area contributed by atoms with Gasteiger partial charge in [0, 0.05) is 23.5 Å². The van der Waals surface area contributed by atoms with E-state index in [0.717, 1.165) is 17.3 Å². The summed E-state index contributed by atoms with van der Waals surface area (Å²) in [7, 11) is 0. The van der Waals surface area contributed by atoms with Gasteiger partial charge in [0.05, 0.1) is 12.2 Å². The molecule has 0 saturated carbocycles. The van der Waals surface area contributed by atoms with Crippen molar-refractivity contribution in [2.24, 2.45) is 0 Å². The summed E-state index contributed by atoms with van der Waals surface area (Å²) >= 11 is 0. The van der Waals surface area contributed by atoms with E-state index in [1.54, 1.807) is 13.0 Å². The van der Waals surface area contributed by atoms with Crippen molar-refractivity contribution < 1.29 is 14.3 Å². The zero-order valence-corrected chi connectivity index (χ0v) is 12.2. The van der Waals surface area contributed by atoms with Crippen LogP contribution in [0.2, 0.25) is 0 Å². The van der Waals surface area contributed by atoms with Crippen LogP contribution in [0.4, 0.5) is 0 Å². The average molecular weight is 286 g/mol. The van der Waals surface area contributed by atoms with Crippen molar-refractivity contribution in [1.82, 2.24) is 9.88 Å². The number of fused-ring (bicyclic) bond motifs is 3. The molecule has 0 fully saturated rings. The molecule has 0 unspecified atom stereocenters. The molecule has 1 N–H and O–H groups in total. The van der Waals surface area contributed by atoms with E-state index in [9.17, 15) is 9.59 Å². The first-order chi connectivity index (χ1) is 10.1. The van der Waals surface area contributed by atoms with Gasteiger partial charge in [0.15, 0.2) is 0 Å². The number of aromatic nitrogens is 1. The van der Waals surface area contributed by atoms with Gasteiger partial charge in [-0.2, -0.15) is 0 Å². The van der Waals surface area contributed by atoms with Crippen LogP contribution in [0.1, 0.15) is 47.2 Å². The molecular formula is C16H18N2O3. The Kier molecular flexibility index (Phi) is 3.41. The van der Waals surface area contributed by atoms with Crippen molar-refractivity contribution >= 4 is 22.8 Å². The van der Waals surface area contributed by atoms with Crippen LogP contribution in [0.3, 0.4) is 0 Å². The highest BCUT2D eigenvalue weighted by molar-refractivity contribution is 6.01. The lowest BCUT2D eigenvalue weighted by atomic mass is 10.1. The van der Waals surface area contributed by atoms with Gasteiger partial charge < -0.3 is 14.6 Å². The fourth-order valence-corrected chi connectivity index (χ4v) is 2.83. The number of hydrogen-bond acceptors (Lipinski definition) is 3. The number of ether oxygens (including phenoxy) is 1. The zero-order chi connectivity index (χ0) is 15.0. The molecule has 5 nitrogen and oxygen atoms in total. The van der Waals surface area contributed by atoms with Gasteiger partial charge in [0.2, 0.25) is 0 Å². The summed E-state index contributed by atoms with van der Waals surface area (Å²) in [5, 5.41) is 3.86. The predicted octanol–water partition coefficient (Wildman–Crippen LogP) is 2.51. The van der Waals surface area contributed by atoms with Gasteiger partial charge >= 0.3 is 5.97 Å². The molecule has 5 heteroatoms. The van der Waals surface area contributed by atoms with Crippen LogP contribution in [-0.2, 0) is 4.74 Å². The van der Waals surface area contributed by atoms with Gasteiger partial charge in [0.25, 0.3) is 5.91 Å². The summed E-state index contributed by atoms with van der Waals surface area (Å²) < 4.78 is 7.06. The fourth-order valence-electron chi connectivity index (χ4n) is 2.83. The summed E-state index contributed by atoms with van der Waals surface area (Å²) in [5.74, 6) is -0.395. The van der Waals surface area contributed by atoms with Gasteiger partial charge in [0.1, 0.15) is 5.69 Å². The normalized spacial score (nSPS) is 18.0. The number of rotatable bonds is 2. The van der Waals surface area contributed by atoms with Gasteiger partial charge in [-0.15, -0.1) is 0 Å². The molecule has 1 amide bonds. The Hall–Kier alpha value is -2.30. The van der Waals surface area contributed by atoms with Crippen LogP contribution in [0.25, 0.3) is 10.9 Å².